The summed E-state index contributed by atoms with van der Waals surface area (Å²) in [6.07, 6.45) is 3.30. The molecule has 2 heterocycles. The van der Waals surface area contributed by atoms with Crippen molar-refractivity contribution in [1.82, 2.24) is 9.97 Å². The molecule has 4 heteroatoms. The molecule has 1 fully saturated rings. The van der Waals surface area contributed by atoms with Crippen LogP contribution in [0.15, 0.2) is 6.07 Å². The van der Waals surface area contributed by atoms with E-state index in [0.29, 0.717) is 0 Å². The molecular weight excluding hydrogens is 212 g/mol. The molecule has 17 heavy (non-hydrogen) atoms. The third-order valence-electron chi connectivity index (χ3n) is 3.24. The van der Waals surface area contributed by atoms with Gasteiger partial charge in [-0.15, -0.1) is 0 Å². The molecule has 2 rings (SSSR count). The van der Waals surface area contributed by atoms with Crippen LogP contribution in [0.25, 0.3) is 0 Å². The highest BCUT2D eigenvalue weighted by atomic mass is 15.2. The maximum Gasteiger partial charge on any atom is 0.134 e. The maximum absolute atomic E-state index is 4.66. The zero-order valence-corrected chi connectivity index (χ0v) is 11.0. The molecule has 1 saturated heterocycles. The third kappa shape index (κ3) is 2.87. The summed E-state index contributed by atoms with van der Waals surface area (Å²) in [5.41, 5.74) is 0. The van der Waals surface area contributed by atoms with Gasteiger partial charge in [0.05, 0.1) is 0 Å². The molecule has 94 valence electrons. The lowest BCUT2D eigenvalue weighted by Gasteiger charge is -2.18. The molecule has 1 atom stereocenters. The van der Waals surface area contributed by atoms with E-state index in [4.69, 9.17) is 0 Å². The van der Waals surface area contributed by atoms with Gasteiger partial charge in [0, 0.05) is 32.6 Å². The maximum atomic E-state index is 4.66. The molecule has 0 saturated carbocycles. The van der Waals surface area contributed by atoms with E-state index >= 15 is 0 Å². The van der Waals surface area contributed by atoms with Crippen LogP contribution in [0.2, 0.25) is 0 Å². The number of aromatic nitrogens is 2. The molecule has 4 nitrogen and oxygen atoms in total. The van der Waals surface area contributed by atoms with Crippen LogP contribution in [0, 0.1) is 5.92 Å². The number of nitrogens with zero attached hydrogens (tertiary/aromatic N) is 3. The summed E-state index contributed by atoms with van der Waals surface area (Å²) < 4.78 is 0. The lowest BCUT2D eigenvalue weighted by atomic mass is 10.2. The van der Waals surface area contributed by atoms with Gasteiger partial charge in [0.1, 0.15) is 17.5 Å². The smallest absolute Gasteiger partial charge is 0.134 e. The lowest BCUT2D eigenvalue weighted by Crippen LogP contribution is -2.21. The van der Waals surface area contributed by atoms with Gasteiger partial charge in [-0.2, -0.15) is 0 Å². The molecule has 1 aromatic heterocycles. The minimum atomic E-state index is 0.776. The van der Waals surface area contributed by atoms with Gasteiger partial charge in [0.25, 0.3) is 0 Å². The number of hydrogen-bond acceptors (Lipinski definition) is 4. The second-order valence-corrected chi connectivity index (χ2v) is 4.87. The van der Waals surface area contributed by atoms with E-state index in [9.17, 15) is 0 Å². The van der Waals surface area contributed by atoms with Crippen LogP contribution in [0.1, 0.15) is 32.5 Å². The minimum absolute atomic E-state index is 0.776. The average molecular weight is 234 g/mol. The molecule has 1 unspecified atom stereocenters. The van der Waals surface area contributed by atoms with Gasteiger partial charge < -0.3 is 10.2 Å². The first-order chi connectivity index (χ1) is 8.22. The summed E-state index contributed by atoms with van der Waals surface area (Å²) in [6, 6.07) is 2.05. The predicted molar refractivity (Wildman–Crippen MR) is 71.6 cm³/mol. The van der Waals surface area contributed by atoms with Crippen LogP contribution < -0.4 is 10.2 Å². The van der Waals surface area contributed by atoms with Gasteiger partial charge in [0.15, 0.2) is 0 Å². The second kappa shape index (κ2) is 5.34. The predicted octanol–water partition coefficient (Wildman–Crippen LogP) is 2.32. The van der Waals surface area contributed by atoms with E-state index in [1.807, 2.05) is 7.05 Å². The van der Waals surface area contributed by atoms with Crippen LogP contribution in [-0.4, -0.2) is 30.1 Å². The Morgan fingerprint density at radius 3 is 2.88 bits per heavy atom. The molecule has 0 bridgehead atoms. The molecular formula is C13H22N4. The highest BCUT2D eigenvalue weighted by molar-refractivity contribution is 5.49. The molecule has 1 aromatic rings. The number of aryl methyl sites for hydroxylation is 1. The highest BCUT2D eigenvalue weighted by Crippen LogP contribution is 2.23. The first kappa shape index (κ1) is 12.1. The molecule has 1 aliphatic rings. The van der Waals surface area contributed by atoms with Crippen LogP contribution in [0.3, 0.4) is 0 Å². The van der Waals surface area contributed by atoms with Crippen molar-refractivity contribution in [2.45, 2.75) is 33.1 Å². The van der Waals surface area contributed by atoms with Crippen LogP contribution in [0.5, 0.6) is 0 Å². The molecule has 1 aliphatic heterocycles. The molecule has 0 aromatic carbocycles. The quantitative estimate of drug-likeness (QED) is 0.868. The minimum Gasteiger partial charge on any atom is -0.373 e. The Balaban J connectivity index is 2.23. The van der Waals surface area contributed by atoms with Gasteiger partial charge in [0.2, 0.25) is 0 Å². The Labute approximate surface area is 103 Å². The van der Waals surface area contributed by atoms with Crippen molar-refractivity contribution in [2.24, 2.45) is 5.92 Å². The summed E-state index contributed by atoms with van der Waals surface area (Å²) in [5, 5.41) is 3.12. The van der Waals surface area contributed by atoms with E-state index in [1.165, 1.54) is 6.42 Å². The van der Waals surface area contributed by atoms with Gasteiger partial charge in [-0.05, 0) is 18.8 Å². The van der Waals surface area contributed by atoms with E-state index in [2.05, 4.69) is 40.1 Å². The van der Waals surface area contributed by atoms with Gasteiger partial charge in [-0.25, -0.2) is 9.97 Å². The molecule has 0 radical (unpaired) electrons. The fourth-order valence-corrected chi connectivity index (χ4v) is 2.25. The number of hydrogen-bond donors (Lipinski definition) is 1. The summed E-state index contributed by atoms with van der Waals surface area (Å²) in [5.74, 6) is 3.74. The topological polar surface area (TPSA) is 41.1 Å². The Morgan fingerprint density at radius 1 is 1.47 bits per heavy atom. The van der Waals surface area contributed by atoms with E-state index in [-0.39, 0.29) is 0 Å². The number of rotatable bonds is 4. The van der Waals surface area contributed by atoms with E-state index < -0.39 is 0 Å². The SMILES string of the molecule is CCCc1nc(NC)cc(N2CCC(C)C2)n1. The number of nitrogens with one attached hydrogen (secondary N) is 1. The molecule has 1 N–H and O–H groups in total. The van der Waals surface area contributed by atoms with Crippen molar-refractivity contribution in [2.75, 3.05) is 30.4 Å². The standard InChI is InChI=1S/C13H22N4/c1-4-5-11-15-12(14-3)8-13(16-11)17-7-6-10(2)9-17/h8,10H,4-7,9H2,1-3H3,(H,14,15,16). The van der Waals surface area contributed by atoms with Gasteiger partial charge in [-0.1, -0.05) is 13.8 Å². The summed E-state index contributed by atoms with van der Waals surface area (Å²) >= 11 is 0. The van der Waals surface area contributed by atoms with Crippen LogP contribution in [0.4, 0.5) is 11.6 Å². The van der Waals surface area contributed by atoms with Gasteiger partial charge >= 0.3 is 0 Å². The molecule has 0 spiro atoms. The van der Waals surface area contributed by atoms with Crippen molar-refractivity contribution in [3.05, 3.63) is 11.9 Å². The summed E-state index contributed by atoms with van der Waals surface area (Å²) in [6.45, 7) is 6.69. The fraction of sp³-hybridized carbons (Fsp3) is 0.692. The fourth-order valence-electron chi connectivity index (χ4n) is 2.25. The molecule has 0 amide bonds. The Morgan fingerprint density at radius 2 is 2.29 bits per heavy atom. The Kier molecular flexibility index (Phi) is 3.82. The van der Waals surface area contributed by atoms with E-state index in [0.717, 1.165) is 49.3 Å². The molecule has 0 aliphatic carbocycles. The summed E-state index contributed by atoms with van der Waals surface area (Å²) in [7, 11) is 1.91. The Hall–Kier alpha value is -1.32. The van der Waals surface area contributed by atoms with Crippen LogP contribution in [-0.2, 0) is 6.42 Å². The monoisotopic (exact) mass is 234 g/mol. The Bertz CT molecular complexity index is 378. The first-order valence-electron chi connectivity index (χ1n) is 6.53. The van der Waals surface area contributed by atoms with Crippen molar-refractivity contribution in [3.8, 4) is 0 Å². The largest absolute Gasteiger partial charge is 0.373 e. The second-order valence-electron chi connectivity index (χ2n) is 4.87. The van der Waals surface area contributed by atoms with Crippen molar-refractivity contribution >= 4 is 11.6 Å². The van der Waals surface area contributed by atoms with E-state index in [1.54, 1.807) is 0 Å². The van der Waals surface area contributed by atoms with Crippen LogP contribution >= 0.6 is 0 Å². The zero-order chi connectivity index (χ0) is 12.3. The highest BCUT2D eigenvalue weighted by Gasteiger charge is 2.20. The van der Waals surface area contributed by atoms with Crippen molar-refractivity contribution < 1.29 is 0 Å². The number of anilines is 2. The third-order valence-corrected chi connectivity index (χ3v) is 3.24. The zero-order valence-electron chi connectivity index (χ0n) is 11.0. The van der Waals surface area contributed by atoms with Crippen molar-refractivity contribution in [1.29, 1.82) is 0 Å². The first-order valence-corrected chi connectivity index (χ1v) is 6.53. The van der Waals surface area contributed by atoms with Gasteiger partial charge in [-0.3, -0.25) is 0 Å². The normalized spacial score (nSPS) is 19.7. The summed E-state index contributed by atoms with van der Waals surface area (Å²) in [4.78, 5) is 11.5. The lowest BCUT2D eigenvalue weighted by molar-refractivity contribution is 0.658. The average Bonchev–Trinajstić information content (AvgIpc) is 2.76. The van der Waals surface area contributed by atoms with Crippen molar-refractivity contribution in [3.63, 3.8) is 0 Å².